The number of para-hydroxylation sites is 1. The molecule has 0 atom stereocenters. The van der Waals surface area contributed by atoms with Gasteiger partial charge in [-0.1, -0.05) is 17.3 Å². The van der Waals surface area contributed by atoms with Crippen molar-refractivity contribution in [3.05, 3.63) is 42.3 Å². The Balaban J connectivity index is 1.80. The molecule has 7 heteroatoms. The molecule has 0 amide bonds. The van der Waals surface area contributed by atoms with Crippen LogP contribution in [-0.4, -0.2) is 19.6 Å². The summed E-state index contributed by atoms with van der Waals surface area (Å²) in [6, 6.07) is 8.65. The van der Waals surface area contributed by atoms with Crippen LogP contribution in [0.5, 0.6) is 0 Å². The van der Waals surface area contributed by atoms with Crippen LogP contribution in [0.3, 0.4) is 0 Å². The predicted octanol–water partition coefficient (Wildman–Crippen LogP) is 1.73. The molecular formula is C13H15N3O3S. The molecule has 1 heterocycles. The maximum atomic E-state index is 12.3. The molecule has 1 aromatic carbocycles. The first-order valence-electron chi connectivity index (χ1n) is 6.40. The molecule has 0 unspecified atom stereocenters. The highest BCUT2D eigenvalue weighted by molar-refractivity contribution is 7.89. The van der Waals surface area contributed by atoms with Gasteiger partial charge in [-0.3, -0.25) is 0 Å². The van der Waals surface area contributed by atoms with Crippen LogP contribution in [0.15, 0.2) is 46.0 Å². The van der Waals surface area contributed by atoms with Gasteiger partial charge in [0.15, 0.2) is 0 Å². The molecule has 0 bridgehead atoms. The van der Waals surface area contributed by atoms with E-state index in [4.69, 9.17) is 4.52 Å². The van der Waals surface area contributed by atoms with E-state index >= 15 is 0 Å². The topological polar surface area (TPSA) is 84.2 Å². The van der Waals surface area contributed by atoms with E-state index in [9.17, 15) is 8.42 Å². The van der Waals surface area contributed by atoms with E-state index in [0.29, 0.717) is 17.9 Å². The van der Waals surface area contributed by atoms with Gasteiger partial charge in [0.05, 0.1) is 12.2 Å². The van der Waals surface area contributed by atoms with Gasteiger partial charge in [-0.15, -0.1) is 0 Å². The van der Waals surface area contributed by atoms with Gasteiger partial charge >= 0.3 is 0 Å². The molecule has 1 saturated carbocycles. The summed E-state index contributed by atoms with van der Waals surface area (Å²) in [7, 11) is -3.48. The fourth-order valence-electron chi connectivity index (χ4n) is 1.85. The second kappa shape index (κ2) is 5.26. The van der Waals surface area contributed by atoms with Crippen LogP contribution in [0.2, 0.25) is 0 Å². The molecule has 1 aromatic heterocycles. The van der Waals surface area contributed by atoms with Crippen LogP contribution in [0.1, 0.15) is 18.5 Å². The molecule has 0 saturated heterocycles. The minimum Gasteiger partial charge on any atom is -0.378 e. The second-order valence-corrected chi connectivity index (χ2v) is 6.42. The SMILES string of the molecule is O=S(=O)(NC1CC1)c1ccccc1NCc1ccon1. The molecule has 3 rings (SSSR count). The van der Waals surface area contributed by atoms with Crippen molar-refractivity contribution in [1.82, 2.24) is 9.88 Å². The van der Waals surface area contributed by atoms with E-state index in [0.717, 1.165) is 12.8 Å². The zero-order chi connectivity index (χ0) is 14.0. The van der Waals surface area contributed by atoms with E-state index in [2.05, 4.69) is 15.2 Å². The first-order valence-corrected chi connectivity index (χ1v) is 7.88. The lowest BCUT2D eigenvalue weighted by atomic mass is 10.3. The summed E-state index contributed by atoms with van der Waals surface area (Å²) in [6.45, 7) is 0.409. The quantitative estimate of drug-likeness (QED) is 0.847. The highest BCUT2D eigenvalue weighted by atomic mass is 32.2. The van der Waals surface area contributed by atoms with Gasteiger partial charge in [-0.2, -0.15) is 0 Å². The summed E-state index contributed by atoms with van der Waals surface area (Å²) in [4.78, 5) is 0.260. The van der Waals surface area contributed by atoms with Gasteiger partial charge < -0.3 is 9.84 Å². The molecule has 0 aliphatic heterocycles. The van der Waals surface area contributed by atoms with E-state index in [1.807, 2.05) is 0 Å². The van der Waals surface area contributed by atoms with Crippen LogP contribution < -0.4 is 10.0 Å². The molecule has 20 heavy (non-hydrogen) atoms. The lowest BCUT2D eigenvalue weighted by molar-refractivity contribution is 0.412. The lowest BCUT2D eigenvalue weighted by Gasteiger charge is -2.12. The van der Waals surface area contributed by atoms with Crippen LogP contribution in [-0.2, 0) is 16.6 Å². The van der Waals surface area contributed by atoms with E-state index < -0.39 is 10.0 Å². The Bertz CT molecular complexity index is 679. The first-order chi connectivity index (χ1) is 9.65. The van der Waals surface area contributed by atoms with Crippen LogP contribution in [0.4, 0.5) is 5.69 Å². The number of rotatable bonds is 6. The van der Waals surface area contributed by atoms with Gasteiger partial charge in [0.1, 0.15) is 16.9 Å². The lowest BCUT2D eigenvalue weighted by Crippen LogP contribution is -2.26. The molecule has 1 aliphatic rings. The van der Waals surface area contributed by atoms with Crippen LogP contribution in [0, 0.1) is 0 Å². The van der Waals surface area contributed by atoms with Crippen molar-refractivity contribution in [1.29, 1.82) is 0 Å². The minimum atomic E-state index is -3.48. The third-order valence-electron chi connectivity index (χ3n) is 3.03. The monoisotopic (exact) mass is 293 g/mol. The number of sulfonamides is 1. The molecule has 6 nitrogen and oxygen atoms in total. The van der Waals surface area contributed by atoms with Gasteiger partial charge in [-0.25, -0.2) is 13.1 Å². The average Bonchev–Trinajstić information content (AvgIpc) is 3.07. The normalized spacial score (nSPS) is 15.2. The van der Waals surface area contributed by atoms with Crippen molar-refractivity contribution in [2.45, 2.75) is 30.3 Å². The smallest absolute Gasteiger partial charge is 0.242 e. The molecule has 2 aromatic rings. The van der Waals surface area contributed by atoms with E-state index in [1.165, 1.54) is 6.26 Å². The number of hydrogen-bond acceptors (Lipinski definition) is 5. The fourth-order valence-corrected chi connectivity index (χ4v) is 3.33. The summed E-state index contributed by atoms with van der Waals surface area (Å²) in [5, 5.41) is 6.85. The molecule has 0 spiro atoms. The Kier molecular flexibility index (Phi) is 3.45. The molecule has 1 fully saturated rings. The largest absolute Gasteiger partial charge is 0.378 e. The summed E-state index contributed by atoms with van der Waals surface area (Å²) in [5.74, 6) is 0. The molecular weight excluding hydrogens is 278 g/mol. The van der Waals surface area contributed by atoms with Crippen molar-refractivity contribution >= 4 is 15.7 Å². The number of aromatic nitrogens is 1. The van der Waals surface area contributed by atoms with Gasteiger partial charge in [0.2, 0.25) is 10.0 Å². The third kappa shape index (κ3) is 3.00. The first kappa shape index (κ1) is 13.1. The van der Waals surface area contributed by atoms with E-state index in [1.54, 1.807) is 30.3 Å². The number of hydrogen-bond donors (Lipinski definition) is 2. The maximum absolute atomic E-state index is 12.3. The molecule has 1 aliphatic carbocycles. The van der Waals surface area contributed by atoms with Crippen molar-refractivity contribution < 1.29 is 12.9 Å². The number of anilines is 1. The number of nitrogens with zero attached hydrogens (tertiary/aromatic N) is 1. The Hall–Kier alpha value is -1.86. The average molecular weight is 293 g/mol. The zero-order valence-electron chi connectivity index (χ0n) is 10.7. The molecule has 2 N–H and O–H groups in total. The number of benzene rings is 1. The molecule has 0 radical (unpaired) electrons. The number of nitrogens with one attached hydrogen (secondary N) is 2. The van der Waals surface area contributed by atoms with Crippen molar-refractivity contribution in [3.8, 4) is 0 Å². The van der Waals surface area contributed by atoms with Crippen molar-refractivity contribution in [2.75, 3.05) is 5.32 Å². The van der Waals surface area contributed by atoms with Crippen molar-refractivity contribution in [3.63, 3.8) is 0 Å². The summed E-state index contributed by atoms with van der Waals surface area (Å²) < 4.78 is 32.0. The highest BCUT2D eigenvalue weighted by Gasteiger charge is 2.29. The Labute approximate surface area is 117 Å². The van der Waals surface area contributed by atoms with Gasteiger partial charge in [-0.05, 0) is 25.0 Å². The third-order valence-corrected chi connectivity index (χ3v) is 4.61. The van der Waals surface area contributed by atoms with Gasteiger partial charge in [0, 0.05) is 12.1 Å². The Morgan fingerprint density at radius 3 is 2.75 bits per heavy atom. The zero-order valence-corrected chi connectivity index (χ0v) is 11.6. The van der Waals surface area contributed by atoms with E-state index in [-0.39, 0.29) is 10.9 Å². The fraction of sp³-hybridized carbons (Fsp3) is 0.308. The predicted molar refractivity (Wildman–Crippen MR) is 73.6 cm³/mol. The highest BCUT2D eigenvalue weighted by Crippen LogP contribution is 2.26. The van der Waals surface area contributed by atoms with Crippen LogP contribution in [0.25, 0.3) is 0 Å². The van der Waals surface area contributed by atoms with Crippen molar-refractivity contribution in [2.24, 2.45) is 0 Å². The summed E-state index contributed by atoms with van der Waals surface area (Å²) >= 11 is 0. The Morgan fingerprint density at radius 2 is 2.05 bits per heavy atom. The summed E-state index contributed by atoms with van der Waals surface area (Å²) in [6.07, 6.45) is 3.30. The van der Waals surface area contributed by atoms with Gasteiger partial charge in [0.25, 0.3) is 0 Å². The molecule has 106 valence electrons. The standard InChI is InChI=1S/C13H15N3O3S/c17-20(18,16-10-5-6-10)13-4-2-1-3-12(13)14-9-11-7-8-19-15-11/h1-4,7-8,10,14,16H,5-6,9H2. The maximum Gasteiger partial charge on any atom is 0.242 e. The van der Waals surface area contributed by atoms with Crippen LogP contribution >= 0.6 is 0 Å². The summed E-state index contributed by atoms with van der Waals surface area (Å²) in [5.41, 5.74) is 1.27. The second-order valence-electron chi connectivity index (χ2n) is 4.74. The Morgan fingerprint density at radius 1 is 1.25 bits per heavy atom. The minimum absolute atomic E-state index is 0.0867.